The van der Waals surface area contributed by atoms with Crippen molar-refractivity contribution in [2.75, 3.05) is 13.7 Å². The van der Waals surface area contributed by atoms with E-state index in [0.29, 0.717) is 46.9 Å². The summed E-state index contributed by atoms with van der Waals surface area (Å²) >= 11 is 0. The highest BCUT2D eigenvalue weighted by atomic mass is 19.1. The number of H-pyrrole nitrogens is 1. The van der Waals surface area contributed by atoms with Crippen LogP contribution in [-0.4, -0.2) is 30.6 Å². The van der Waals surface area contributed by atoms with Crippen LogP contribution in [0, 0.1) is 19.7 Å². The molecule has 0 fully saturated rings. The Balaban J connectivity index is 1.89. The summed E-state index contributed by atoms with van der Waals surface area (Å²) in [5.74, 6) is -0.661. The molecule has 7 heteroatoms. The molecule has 1 amide bonds. The molecular formula is C19H21FN2O4. The summed E-state index contributed by atoms with van der Waals surface area (Å²) in [5, 5.41) is 2.93. The maximum absolute atomic E-state index is 13.7. The van der Waals surface area contributed by atoms with E-state index >= 15 is 0 Å². The number of hydrogen-bond donors (Lipinski definition) is 2. The van der Waals surface area contributed by atoms with Crippen molar-refractivity contribution >= 4 is 11.9 Å². The number of rotatable bonds is 3. The van der Waals surface area contributed by atoms with Gasteiger partial charge in [-0.15, -0.1) is 0 Å². The molecule has 0 unspecified atom stereocenters. The number of aromatic nitrogens is 1. The summed E-state index contributed by atoms with van der Waals surface area (Å²) in [6.45, 7) is 3.91. The third-order valence-corrected chi connectivity index (χ3v) is 4.60. The number of benzene rings is 1. The molecule has 1 aliphatic heterocycles. The molecule has 2 N–H and O–H groups in total. The van der Waals surface area contributed by atoms with Crippen LogP contribution in [0.1, 0.15) is 56.6 Å². The second kappa shape index (κ2) is 7.19. The number of aromatic amines is 1. The molecular weight excluding hydrogens is 339 g/mol. The van der Waals surface area contributed by atoms with Crippen LogP contribution in [0.3, 0.4) is 0 Å². The van der Waals surface area contributed by atoms with Crippen molar-refractivity contribution < 1.29 is 23.5 Å². The molecule has 1 aromatic carbocycles. The average Bonchev–Trinajstić information content (AvgIpc) is 2.78. The first-order valence-electron chi connectivity index (χ1n) is 8.43. The predicted molar refractivity (Wildman–Crippen MR) is 92.9 cm³/mol. The maximum atomic E-state index is 13.7. The highest BCUT2D eigenvalue weighted by molar-refractivity contribution is 6.00. The standard InChI is InChI=1S/C19H21FN2O4/c1-10-16(19(24)25-3)11(2)21-17(10)18(23)22-14-5-4-8-26-15-7-6-12(20)9-13(14)15/h6-7,9,14,21H,4-5,8H2,1-3H3,(H,22,23)/t14-/m0/s1. The van der Waals surface area contributed by atoms with Crippen molar-refractivity contribution in [3.8, 4) is 5.75 Å². The molecule has 0 aliphatic carbocycles. The smallest absolute Gasteiger partial charge is 0.339 e. The van der Waals surface area contributed by atoms with Gasteiger partial charge in [-0.25, -0.2) is 9.18 Å². The zero-order valence-electron chi connectivity index (χ0n) is 14.9. The Morgan fingerprint density at radius 2 is 2.12 bits per heavy atom. The highest BCUT2D eigenvalue weighted by Crippen LogP contribution is 2.32. The summed E-state index contributed by atoms with van der Waals surface area (Å²) in [6, 6.07) is 3.93. The third kappa shape index (κ3) is 3.29. The summed E-state index contributed by atoms with van der Waals surface area (Å²) in [4.78, 5) is 27.6. The molecule has 3 rings (SSSR count). The summed E-state index contributed by atoms with van der Waals surface area (Å²) in [5.41, 5.74) is 2.36. The summed E-state index contributed by atoms with van der Waals surface area (Å²) < 4.78 is 24.1. The topological polar surface area (TPSA) is 80.4 Å². The van der Waals surface area contributed by atoms with Crippen molar-refractivity contribution in [3.63, 3.8) is 0 Å². The zero-order valence-corrected chi connectivity index (χ0v) is 14.9. The number of aryl methyl sites for hydroxylation is 1. The Morgan fingerprint density at radius 3 is 2.85 bits per heavy atom. The quantitative estimate of drug-likeness (QED) is 0.824. The highest BCUT2D eigenvalue weighted by Gasteiger charge is 2.26. The second-order valence-corrected chi connectivity index (χ2v) is 6.32. The molecule has 2 heterocycles. The lowest BCUT2D eigenvalue weighted by Gasteiger charge is -2.18. The summed E-state index contributed by atoms with van der Waals surface area (Å²) in [7, 11) is 1.30. The molecule has 2 aromatic rings. The van der Waals surface area contributed by atoms with Crippen LogP contribution in [0.25, 0.3) is 0 Å². The van der Waals surface area contributed by atoms with E-state index in [4.69, 9.17) is 9.47 Å². The Bertz CT molecular complexity index is 859. The minimum atomic E-state index is -0.495. The van der Waals surface area contributed by atoms with E-state index in [-0.39, 0.29) is 17.8 Å². The van der Waals surface area contributed by atoms with Crippen molar-refractivity contribution in [1.29, 1.82) is 0 Å². The van der Waals surface area contributed by atoms with E-state index in [1.807, 2.05) is 0 Å². The molecule has 0 bridgehead atoms. The van der Waals surface area contributed by atoms with Crippen LogP contribution < -0.4 is 10.1 Å². The normalized spacial score (nSPS) is 16.2. The van der Waals surface area contributed by atoms with Gasteiger partial charge < -0.3 is 19.8 Å². The van der Waals surface area contributed by atoms with Gasteiger partial charge >= 0.3 is 5.97 Å². The van der Waals surface area contributed by atoms with Crippen molar-refractivity contribution in [3.05, 3.63) is 52.1 Å². The SMILES string of the molecule is COC(=O)c1c(C)[nH]c(C(=O)N[C@H]2CCCOc3ccc(F)cc32)c1C. The molecule has 0 radical (unpaired) electrons. The van der Waals surface area contributed by atoms with Crippen molar-refractivity contribution in [2.45, 2.75) is 32.7 Å². The first-order valence-corrected chi connectivity index (χ1v) is 8.43. The minimum absolute atomic E-state index is 0.297. The van der Waals surface area contributed by atoms with Gasteiger partial charge in [-0.05, 0) is 50.5 Å². The van der Waals surface area contributed by atoms with E-state index in [1.165, 1.54) is 19.2 Å². The zero-order chi connectivity index (χ0) is 18.8. The van der Waals surface area contributed by atoms with Gasteiger partial charge in [0.15, 0.2) is 0 Å². The molecule has 138 valence electrons. The van der Waals surface area contributed by atoms with Gasteiger partial charge in [-0.3, -0.25) is 4.79 Å². The van der Waals surface area contributed by atoms with Crippen LogP contribution in [0.5, 0.6) is 5.75 Å². The first kappa shape index (κ1) is 18.0. The molecule has 6 nitrogen and oxygen atoms in total. The van der Waals surface area contributed by atoms with E-state index in [0.717, 1.165) is 6.42 Å². The Hall–Kier alpha value is -2.83. The molecule has 0 spiro atoms. The Labute approximate surface area is 150 Å². The van der Waals surface area contributed by atoms with E-state index in [1.54, 1.807) is 19.9 Å². The number of carbonyl (C=O) groups is 2. The van der Waals surface area contributed by atoms with Crippen LogP contribution in [0.2, 0.25) is 0 Å². The molecule has 0 saturated carbocycles. The number of halogens is 1. The number of methoxy groups -OCH3 is 1. The van der Waals surface area contributed by atoms with Gasteiger partial charge in [-0.2, -0.15) is 0 Å². The molecule has 1 aromatic heterocycles. The lowest BCUT2D eigenvalue weighted by Crippen LogP contribution is -2.29. The first-order chi connectivity index (χ1) is 12.4. The van der Waals surface area contributed by atoms with Gasteiger partial charge in [-0.1, -0.05) is 0 Å². The molecule has 0 saturated heterocycles. The van der Waals surface area contributed by atoms with Crippen LogP contribution in [-0.2, 0) is 4.74 Å². The number of ether oxygens (including phenoxy) is 2. The average molecular weight is 360 g/mol. The fraction of sp³-hybridized carbons (Fsp3) is 0.368. The number of amides is 1. The van der Waals surface area contributed by atoms with E-state index in [9.17, 15) is 14.0 Å². The number of nitrogens with one attached hydrogen (secondary N) is 2. The lowest BCUT2D eigenvalue weighted by molar-refractivity contribution is 0.0599. The van der Waals surface area contributed by atoms with E-state index < -0.39 is 5.97 Å². The monoisotopic (exact) mass is 360 g/mol. The van der Waals surface area contributed by atoms with Crippen LogP contribution >= 0.6 is 0 Å². The predicted octanol–water partition coefficient (Wildman–Crippen LogP) is 3.20. The fourth-order valence-corrected chi connectivity index (χ4v) is 3.31. The van der Waals surface area contributed by atoms with Crippen molar-refractivity contribution in [1.82, 2.24) is 10.3 Å². The Kier molecular flexibility index (Phi) is 4.97. The van der Waals surface area contributed by atoms with E-state index in [2.05, 4.69) is 10.3 Å². The number of esters is 1. The Morgan fingerprint density at radius 1 is 1.35 bits per heavy atom. The van der Waals surface area contributed by atoms with Gasteiger partial charge in [0.25, 0.3) is 5.91 Å². The van der Waals surface area contributed by atoms with Gasteiger partial charge in [0.2, 0.25) is 0 Å². The fourth-order valence-electron chi connectivity index (χ4n) is 3.31. The number of hydrogen-bond acceptors (Lipinski definition) is 4. The third-order valence-electron chi connectivity index (χ3n) is 4.60. The van der Waals surface area contributed by atoms with Crippen LogP contribution in [0.15, 0.2) is 18.2 Å². The lowest BCUT2D eigenvalue weighted by atomic mass is 10.0. The van der Waals surface area contributed by atoms with Gasteiger partial charge in [0, 0.05) is 11.3 Å². The number of carbonyl (C=O) groups excluding carboxylic acids is 2. The van der Waals surface area contributed by atoms with Gasteiger partial charge in [0.05, 0.1) is 25.3 Å². The molecule has 1 aliphatic rings. The van der Waals surface area contributed by atoms with Crippen LogP contribution in [0.4, 0.5) is 4.39 Å². The second-order valence-electron chi connectivity index (χ2n) is 6.32. The minimum Gasteiger partial charge on any atom is -0.493 e. The maximum Gasteiger partial charge on any atom is 0.339 e. The number of fused-ring (bicyclic) bond motifs is 1. The molecule has 1 atom stereocenters. The van der Waals surface area contributed by atoms with Crippen molar-refractivity contribution in [2.24, 2.45) is 0 Å². The van der Waals surface area contributed by atoms with Gasteiger partial charge in [0.1, 0.15) is 17.3 Å². The largest absolute Gasteiger partial charge is 0.493 e. The molecule has 26 heavy (non-hydrogen) atoms. The summed E-state index contributed by atoms with van der Waals surface area (Å²) in [6.07, 6.45) is 1.36.